The van der Waals surface area contributed by atoms with Gasteiger partial charge in [0.1, 0.15) is 0 Å². The maximum Gasteiger partial charge on any atom is 0.0342 e. The topological polar surface area (TPSA) is 12.0 Å². The zero-order chi connectivity index (χ0) is 13.2. The monoisotopic (exact) mass is 245 g/mol. The van der Waals surface area contributed by atoms with E-state index in [2.05, 4.69) is 57.3 Å². The van der Waals surface area contributed by atoms with E-state index in [1.807, 2.05) is 0 Å². The molecule has 0 unspecified atom stereocenters. The SMILES string of the molecule is Cc1cccc(NC[C@@H]2[C@@H](C)CCCC2(C)C)c1. The summed E-state index contributed by atoms with van der Waals surface area (Å²) in [5, 5.41) is 3.64. The summed E-state index contributed by atoms with van der Waals surface area (Å²) >= 11 is 0. The molecule has 18 heavy (non-hydrogen) atoms. The summed E-state index contributed by atoms with van der Waals surface area (Å²) in [6.07, 6.45) is 4.16. The number of hydrogen-bond acceptors (Lipinski definition) is 1. The maximum absolute atomic E-state index is 3.64. The molecule has 0 amide bonds. The second-order valence-electron chi connectivity index (χ2n) is 6.71. The third kappa shape index (κ3) is 3.07. The Morgan fingerprint density at radius 3 is 2.78 bits per heavy atom. The van der Waals surface area contributed by atoms with Crippen LogP contribution >= 0.6 is 0 Å². The van der Waals surface area contributed by atoms with Crippen molar-refractivity contribution in [3.8, 4) is 0 Å². The molecule has 100 valence electrons. The van der Waals surface area contributed by atoms with Crippen molar-refractivity contribution >= 4 is 5.69 Å². The summed E-state index contributed by atoms with van der Waals surface area (Å²) in [4.78, 5) is 0. The number of aryl methyl sites for hydroxylation is 1. The van der Waals surface area contributed by atoms with Crippen molar-refractivity contribution in [2.75, 3.05) is 11.9 Å². The predicted molar refractivity (Wildman–Crippen MR) is 80.0 cm³/mol. The third-order valence-corrected chi connectivity index (χ3v) is 4.72. The highest BCUT2D eigenvalue weighted by molar-refractivity contribution is 5.45. The van der Waals surface area contributed by atoms with E-state index in [9.17, 15) is 0 Å². The van der Waals surface area contributed by atoms with E-state index in [4.69, 9.17) is 0 Å². The van der Waals surface area contributed by atoms with Crippen molar-refractivity contribution in [1.82, 2.24) is 0 Å². The van der Waals surface area contributed by atoms with Crippen molar-refractivity contribution < 1.29 is 0 Å². The van der Waals surface area contributed by atoms with E-state index in [1.165, 1.54) is 30.5 Å². The lowest BCUT2D eigenvalue weighted by Gasteiger charge is -2.43. The minimum atomic E-state index is 0.481. The lowest BCUT2D eigenvalue weighted by molar-refractivity contribution is 0.0944. The van der Waals surface area contributed by atoms with Gasteiger partial charge >= 0.3 is 0 Å². The summed E-state index contributed by atoms with van der Waals surface area (Å²) in [6, 6.07) is 8.69. The average molecular weight is 245 g/mol. The van der Waals surface area contributed by atoms with Gasteiger partial charge in [-0.2, -0.15) is 0 Å². The Morgan fingerprint density at radius 2 is 2.11 bits per heavy atom. The van der Waals surface area contributed by atoms with E-state index < -0.39 is 0 Å². The molecule has 1 aromatic carbocycles. The highest BCUT2D eigenvalue weighted by atomic mass is 14.9. The van der Waals surface area contributed by atoms with Gasteiger partial charge in [-0.3, -0.25) is 0 Å². The van der Waals surface area contributed by atoms with Crippen molar-refractivity contribution in [2.24, 2.45) is 17.3 Å². The van der Waals surface area contributed by atoms with Crippen molar-refractivity contribution in [3.05, 3.63) is 29.8 Å². The highest BCUT2D eigenvalue weighted by Crippen LogP contribution is 2.43. The largest absolute Gasteiger partial charge is 0.385 e. The van der Waals surface area contributed by atoms with Gasteiger partial charge in [-0.1, -0.05) is 45.7 Å². The van der Waals surface area contributed by atoms with Crippen molar-refractivity contribution in [2.45, 2.75) is 47.0 Å². The molecule has 0 aromatic heterocycles. The van der Waals surface area contributed by atoms with Crippen LogP contribution in [0.3, 0.4) is 0 Å². The molecule has 1 nitrogen and oxygen atoms in total. The number of anilines is 1. The second-order valence-corrected chi connectivity index (χ2v) is 6.71. The van der Waals surface area contributed by atoms with Crippen LogP contribution in [0, 0.1) is 24.2 Å². The average Bonchev–Trinajstić information content (AvgIpc) is 2.27. The number of hydrogen-bond donors (Lipinski definition) is 1. The van der Waals surface area contributed by atoms with E-state index in [0.717, 1.165) is 18.4 Å². The van der Waals surface area contributed by atoms with E-state index in [0.29, 0.717) is 5.41 Å². The molecule has 0 spiro atoms. The Labute approximate surface area is 112 Å². The first kappa shape index (κ1) is 13.5. The molecule has 0 aliphatic heterocycles. The van der Waals surface area contributed by atoms with Crippen molar-refractivity contribution in [3.63, 3.8) is 0 Å². The molecule has 1 aromatic rings. The molecule has 1 heteroatoms. The molecule has 1 N–H and O–H groups in total. The Morgan fingerprint density at radius 1 is 1.33 bits per heavy atom. The third-order valence-electron chi connectivity index (χ3n) is 4.72. The number of benzene rings is 1. The molecule has 2 rings (SSSR count). The molecule has 0 heterocycles. The standard InChI is InChI=1S/C17H27N/c1-13-7-5-9-15(11-13)18-12-16-14(2)8-6-10-17(16,3)4/h5,7,9,11,14,16,18H,6,8,10,12H2,1-4H3/t14-,16+/m0/s1. The van der Waals surface area contributed by atoms with Gasteiger partial charge in [0.15, 0.2) is 0 Å². The van der Waals surface area contributed by atoms with Crippen LogP contribution in [0.15, 0.2) is 24.3 Å². The molecular weight excluding hydrogens is 218 g/mol. The van der Waals surface area contributed by atoms with Crippen LogP contribution in [0.25, 0.3) is 0 Å². The van der Waals surface area contributed by atoms with Crippen LogP contribution in [-0.2, 0) is 0 Å². The highest BCUT2D eigenvalue weighted by Gasteiger charge is 2.36. The van der Waals surface area contributed by atoms with E-state index in [-0.39, 0.29) is 0 Å². The summed E-state index contributed by atoms with van der Waals surface area (Å²) < 4.78 is 0. The van der Waals surface area contributed by atoms with Crippen LogP contribution in [-0.4, -0.2) is 6.54 Å². The molecular formula is C17H27N. The Kier molecular flexibility index (Phi) is 3.99. The maximum atomic E-state index is 3.64. The fraction of sp³-hybridized carbons (Fsp3) is 0.647. The van der Waals surface area contributed by atoms with Gasteiger partial charge in [0, 0.05) is 12.2 Å². The zero-order valence-corrected chi connectivity index (χ0v) is 12.3. The summed E-state index contributed by atoms with van der Waals surface area (Å²) in [5.41, 5.74) is 3.08. The molecule has 1 fully saturated rings. The summed E-state index contributed by atoms with van der Waals surface area (Å²) in [6.45, 7) is 10.6. The molecule has 0 radical (unpaired) electrons. The van der Waals surface area contributed by atoms with Crippen molar-refractivity contribution in [1.29, 1.82) is 0 Å². The van der Waals surface area contributed by atoms with Gasteiger partial charge in [0.25, 0.3) is 0 Å². The Bertz CT molecular complexity index is 394. The number of nitrogens with one attached hydrogen (secondary N) is 1. The van der Waals surface area contributed by atoms with Gasteiger partial charge in [-0.25, -0.2) is 0 Å². The molecule has 0 bridgehead atoms. The van der Waals surface area contributed by atoms with Gasteiger partial charge in [0.2, 0.25) is 0 Å². The van der Waals surface area contributed by atoms with E-state index in [1.54, 1.807) is 0 Å². The first-order valence-electron chi connectivity index (χ1n) is 7.29. The van der Waals surface area contributed by atoms with Gasteiger partial charge in [0.05, 0.1) is 0 Å². The molecule has 2 atom stereocenters. The predicted octanol–water partition coefficient (Wildman–Crippen LogP) is 4.87. The van der Waals surface area contributed by atoms with Crippen LogP contribution in [0.5, 0.6) is 0 Å². The fourth-order valence-electron chi connectivity index (χ4n) is 3.50. The minimum absolute atomic E-state index is 0.481. The normalized spacial score (nSPS) is 26.9. The Balaban J connectivity index is 2.00. The lowest BCUT2D eigenvalue weighted by Crippen LogP contribution is -2.38. The second kappa shape index (κ2) is 5.34. The molecule has 1 aliphatic rings. The molecule has 1 saturated carbocycles. The van der Waals surface area contributed by atoms with Crippen LogP contribution in [0.4, 0.5) is 5.69 Å². The summed E-state index contributed by atoms with van der Waals surface area (Å²) in [5.74, 6) is 1.62. The molecule has 1 aliphatic carbocycles. The summed E-state index contributed by atoms with van der Waals surface area (Å²) in [7, 11) is 0. The zero-order valence-electron chi connectivity index (χ0n) is 12.3. The quantitative estimate of drug-likeness (QED) is 0.801. The van der Waals surface area contributed by atoms with Crippen LogP contribution in [0.2, 0.25) is 0 Å². The Hall–Kier alpha value is -0.980. The molecule has 0 saturated heterocycles. The fourth-order valence-corrected chi connectivity index (χ4v) is 3.50. The smallest absolute Gasteiger partial charge is 0.0342 e. The first-order chi connectivity index (χ1) is 8.49. The van der Waals surface area contributed by atoms with Gasteiger partial charge in [-0.05, 0) is 48.3 Å². The van der Waals surface area contributed by atoms with Gasteiger partial charge < -0.3 is 5.32 Å². The number of rotatable bonds is 3. The van der Waals surface area contributed by atoms with E-state index >= 15 is 0 Å². The van der Waals surface area contributed by atoms with Gasteiger partial charge in [-0.15, -0.1) is 0 Å². The first-order valence-corrected chi connectivity index (χ1v) is 7.29. The lowest BCUT2D eigenvalue weighted by atomic mass is 9.64. The minimum Gasteiger partial charge on any atom is -0.385 e. The van der Waals surface area contributed by atoms with Crippen LogP contribution < -0.4 is 5.32 Å². The van der Waals surface area contributed by atoms with Crippen LogP contribution in [0.1, 0.15) is 45.6 Å².